The Morgan fingerprint density at radius 1 is 1.10 bits per heavy atom. The van der Waals surface area contributed by atoms with E-state index in [0.29, 0.717) is 36.2 Å². The Morgan fingerprint density at radius 3 is 2.51 bits per heavy atom. The number of nitrogens with one attached hydrogen (secondary N) is 2. The van der Waals surface area contributed by atoms with Crippen LogP contribution in [0.2, 0.25) is 0 Å². The SMILES string of the molecule is CC(C)(C)c1ccc(NC(=O)NCCCCS(=O)(=O)C[C@H]2O[C@@H](n3cnc4c(N)ncnc43)[C@H](O)[C@@H]2O)cc1. The minimum Gasteiger partial charge on any atom is -0.387 e. The molecule has 0 bridgehead atoms. The number of aromatic nitrogens is 4. The molecular weight excluding hydrogens is 526 g/mol. The molecule has 0 unspecified atom stereocenters. The number of hydrogen-bond acceptors (Lipinski definition) is 10. The molecule has 13 nitrogen and oxygen atoms in total. The summed E-state index contributed by atoms with van der Waals surface area (Å²) in [6.07, 6.45) is -1.73. The standard InChI is InChI=1S/C25H35N7O6S/c1-25(2,3)15-6-8-16(9-7-15)31-24(35)27-10-4-5-11-39(36,37)12-17-19(33)20(34)23(38-17)32-14-30-18-21(26)28-13-29-22(18)32/h6-9,13-14,17,19-20,23,33-34H,4-5,10-12H2,1-3H3,(H2,26,28,29)(H2,27,31,35)/t17-,19-,20-,23-/m1/s1. The van der Waals surface area contributed by atoms with Crippen molar-refractivity contribution < 1.29 is 28.2 Å². The third-order valence-electron chi connectivity index (χ3n) is 6.59. The van der Waals surface area contributed by atoms with Crippen molar-refractivity contribution in [2.75, 3.05) is 29.1 Å². The lowest BCUT2D eigenvalue weighted by molar-refractivity contribution is -0.0292. The van der Waals surface area contributed by atoms with Crippen LogP contribution in [0.3, 0.4) is 0 Å². The number of urea groups is 1. The summed E-state index contributed by atoms with van der Waals surface area (Å²) in [5, 5.41) is 26.5. The molecule has 1 saturated heterocycles. The molecule has 39 heavy (non-hydrogen) atoms. The number of rotatable bonds is 9. The molecule has 0 aliphatic carbocycles. The highest BCUT2D eigenvalue weighted by atomic mass is 32.2. The summed E-state index contributed by atoms with van der Waals surface area (Å²) in [4.78, 5) is 24.2. The minimum atomic E-state index is -3.62. The van der Waals surface area contributed by atoms with Gasteiger partial charge in [0.25, 0.3) is 0 Å². The number of carbonyl (C=O) groups excluding carboxylic acids is 1. The first-order valence-electron chi connectivity index (χ1n) is 12.7. The van der Waals surface area contributed by atoms with Crippen molar-refractivity contribution in [1.29, 1.82) is 0 Å². The Hall–Kier alpha value is -3.33. The predicted octanol–water partition coefficient (Wildman–Crippen LogP) is 1.34. The second-order valence-electron chi connectivity index (χ2n) is 10.7. The Bertz CT molecular complexity index is 1400. The van der Waals surface area contributed by atoms with E-state index in [1.165, 1.54) is 17.2 Å². The minimum absolute atomic E-state index is 0.0178. The molecule has 3 heterocycles. The number of unbranched alkanes of at least 4 members (excludes halogenated alkanes) is 1. The molecule has 1 fully saturated rings. The van der Waals surface area contributed by atoms with Crippen LogP contribution in [0.4, 0.5) is 16.3 Å². The van der Waals surface area contributed by atoms with Gasteiger partial charge in [-0.1, -0.05) is 32.9 Å². The van der Waals surface area contributed by atoms with Crippen LogP contribution in [0.25, 0.3) is 11.2 Å². The smallest absolute Gasteiger partial charge is 0.319 e. The van der Waals surface area contributed by atoms with Crippen LogP contribution in [-0.2, 0) is 20.0 Å². The fraction of sp³-hybridized carbons (Fsp3) is 0.520. The van der Waals surface area contributed by atoms with Crippen LogP contribution >= 0.6 is 0 Å². The summed E-state index contributed by atoms with van der Waals surface area (Å²) >= 11 is 0. The zero-order chi connectivity index (χ0) is 28.4. The van der Waals surface area contributed by atoms with E-state index in [-0.39, 0.29) is 23.0 Å². The fourth-order valence-corrected chi connectivity index (χ4v) is 5.95. The molecule has 4 atom stereocenters. The van der Waals surface area contributed by atoms with Crippen LogP contribution in [0.15, 0.2) is 36.9 Å². The van der Waals surface area contributed by atoms with Crippen LogP contribution < -0.4 is 16.4 Å². The Balaban J connectivity index is 1.22. The number of nitrogens with zero attached hydrogens (tertiary/aromatic N) is 4. The number of anilines is 2. The highest BCUT2D eigenvalue weighted by Gasteiger charge is 2.45. The first-order chi connectivity index (χ1) is 18.4. The van der Waals surface area contributed by atoms with Gasteiger partial charge in [-0.15, -0.1) is 0 Å². The van der Waals surface area contributed by atoms with Crippen molar-refractivity contribution in [3.05, 3.63) is 42.5 Å². The molecular formula is C25H35N7O6S. The molecule has 1 aromatic carbocycles. The van der Waals surface area contributed by atoms with E-state index in [4.69, 9.17) is 10.5 Å². The van der Waals surface area contributed by atoms with Gasteiger partial charge in [-0.25, -0.2) is 28.2 Å². The van der Waals surface area contributed by atoms with Crippen molar-refractivity contribution in [3.63, 3.8) is 0 Å². The number of ether oxygens (including phenoxy) is 1. The molecule has 0 saturated carbocycles. The van der Waals surface area contributed by atoms with Crippen LogP contribution in [0.5, 0.6) is 0 Å². The maximum Gasteiger partial charge on any atom is 0.319 e. The number of aliphatic hydroxyl groups is 2. The number of fused-ring (bicyclic) bond motifs is 1. The third-order valence-corrected chi connectivity index (χ3v) is 8.34. The second-order valence-corrected chi connectivity index (χ2v) is 12.9. The number of nitrogen functional groups attached to an aromatic ring is 1. The predicted molar refractivity (Wildman–Crippen MR) is 146 cm³/mol. The number of aliphatic hydroxyl groups excluding tert-OH is 2. The van der Waals surface area contributed by atoms with E-state index in [2.05, 4.69) is 46.4 Å². The zero-order valence-corrected chi connectivity index (χ0v) is 22.9. The van der Waals surface area contributed by atoms with E-state index >= 15 is 0 Å². The Labute approximate surface area is 226 Å². The lowest BCUT2D eigenvalue weighted by Gasteiger charge is -2.19. The molecule has 1 aliphatic heterocycles. The van der Waals surface area contributed by atoms with Crippen molar-refractivity contribution >= 4 is 38.5 Å². The largest absolute Gasteiger partial charge is 0.387 e. The van der Waals surface area contributed by atoms with Gasteiger partial charge in [0.2, 0.25) is 0 Å². The van der Waals surface area contributed by atoms with Crippen LogP contribution in [-0.4, -0.2) is 80.5 Å². The first kappa shape index (κ1) is 28.7. The van der Waals surface area contributed by atoms with Crippen molar-refractivity contribution in [2.24, 2.45) is 0 Å². The van der Waals surface area contributed by atoms with Gasteiger partial charge in [-0.2, -0.15) is 0 Å². The summed E-state index contributed by atoms with van der Waals surface area (Å²) in [6.45, 7) is 6.63. The van der Waals surface area contributed by atoms with Crippen molar-refractivity contribution in [3.8, 4) is 0 Å². The summed E-state index contributed by atoms with van der Waals surface area (Å²) in [6, 6.07) is 7.24. The first-order valence-corrected chi connectivity index (χ1v) is 14.5. The van der Waals surface area contributed by atoms with Gasteiger partial charge in [-0.3, -0.25) is 4.57 Å². The van der Waals surface area contributed by atoms with Crippen molar-refractivity contribution in [2.45, 2.75) is 63.6 Å². The highest BCUT2D eigenvalue weighted by molar-refractivity contribution is 7.91. The maximum atomic E-state index is 12.7. The molecule has 2 amide bonds. The maximum absolute atomic E-state index is 12.7. The second kappa shape index (κ2) is 11.4. The number of hydrogen-bond donors (Lipinski definition) is 5. The summed E-state index contributed by atoms with van der Waals surface area (Å²) in [5.41, 5.74) is 8.23. The van der Waals surface area contributed by atoms with E-state index < -0.39 is 40.1 Å². The van der Waals surface area contributed by atoms with E-state index in [0.717, 1.165) is 5.56 Å². The molecule has 6 N–H and O–H groups in total. The lowest BCUT2D eigenvalue weighted by Crippen LogP contribution is -2.36. The quantitative estimate of drug-likeness (QED) is 0.238. The summed E-state index contributed by atoms with van der Waals surface area (Å²) in [5.74, 6) is -0.479. The number of amides is 2. The molecule has 4 rings (SSSR count). The van der Waals surface area contributed by atoms with Crippen molar-refractivity contribution in [1.82, 2.24) is 24.8 Å². The van der Waals surface area contributed by atoms with E-state index in [1.807, 2.05) is 24.3 Å². The molecule has 0 radical (unpaired) electrons. The van der Waals surface area contributed by atoms with Gasteiger partial charge in [0.15, 0.2) is 27.5 Å². The molecule has 1 aliphatic rings. The highest BCUT2D eigenvalue weighted by Crippen LogP contribution is 2.32. The average molecular weight is 562 g/mol. The number of carbonyl (C=O) groups is 1. The Morgan fingerprint density at radius 2 is 1.82 bits per heavy atom. The summed E-state index contributed by atoms with van der Waals surface area (Å²) < 4.78 is 32.5. The van der Waals surface area contributed by atoms with Gasteiger partial charge >= 0.3 is 6.03 Å². The van der Waals surface area contributed by atoms with Gasteiger partial charge in [-0.05, 0) is 36.0 Å². The molecule has 3 aromatic rings. The van der Waals surface area contributed by atoms with Gasteiger partial charge < -0.3 is 31.3 Å². The summed E-state index contributed by atoms with van der Waals surface area (Å²) in [7, 11) is -3.62. The number of imidazole rings is 1. The third kappa shape index (κ3) is 6.82. The van der Waals surface area contributed by atoms with E-state index in [1.54, 1.807) is 0 Å². The lowest BCUT2D eigenvalue weighted by atomic mass is 9.87. The van der Waals surface area contributed by atoms with Gasteiger partial charge in [0, 0.05) is 12.2 Å². The Kier molecular flexibility index (Phi) is 8.39. The normalized spacial score (nSPS) is 21.8. The van der Waals surface area contributed by atoms with Crippen LogP contribution in [0.1, 0.15) is 45.4 Å². The number of nitrogens with two attached hydrogens (primary N) is 1. The average Bonchev–Trinajstić information content (AvgIpc) is 3.41. The number of sulfone groups is 1. The topological polar surface area (TPSA) is 195 Å². The molecule has 0 spiro atoms. The zero-order valence-electron chi connectivity index (χ0n) is 22.1. The molecule has 212 valence electrons. The monoisotopic (exact) mass is 561 g/mol. The van der Waals surface area contributed by atoms with Gasteiger partial charge in [0.05, 0.1) is 17.8 Å². The van der Waals surface area contributed by atoms with Crippen LogP contribution in [0, 0.1) is 0 Å². The van der Waals surface area contributed by atoms with Gasteiger partial charge in [0.1, 0.15) is 30.2 Å². The fourth-order valence-electron chi connectivity index (χ4n) is 4.36. The molecule has 14 heteroatoms. The number of benzene rings is 1. The molecule has 2 aromatic heterocycles. The van der Waals surface area contributed by atoms with E-state index in [9.17, 15) is 23.4 Å².